The van der Waals surface area contributed by atoms with E-state index in [2.05, 4.69) is 0 Å². The number of benzene rings is 2. The van der Waals surface area contributed by atoms with Gasteiger partial charge in [0.2, 0.25) is 6.41 Å². The molecule has 2 aromatic carbocycles. The standard InChI is InChI=1S/C20H22FNO/c21-20-12-5-4-11-19(20)17-8-6-7-16(13-17)14-22(15-23)18-9-2-1-3-10-18/h4-8,11-13,15,18H,1-3,9-10,14H2. The van der Waals surface area contributed by atoms with Crippen molar-refractivity contribution in [1.29, 1.82) is 0 Å². The van der Waals surface area contributed by atoms with Crippen LogP contribution < -0.4 is 0 Å². The van der Waals surface area contributed by atoms with Crippen molar-refractivity contribution in [2.24, 2.45) is 0 Å². The average Bonchev–Trinajstić information content (AvgIpc) is 2.61. The van der Waals surface area contributed by atoms with E-state index in [9.17, 15) is 9.18 Å². The summed E-state index contributed by atoms with van der Waals surface area (Å²) in [6.45, 7) is 0.594. The van der Waals surface area contributed by atoms with Gasteiger partial charge in [-0.15, -0.1) is 0 Å². The fourth-order valence-electron chi connectivity index (χ4n) is 3.41. The molecule has 0 saturated heterocycles. The van der Waals surface area contributed by atoms with Crippen LogP contribution in [0.3, 0.4) is 0 Å². The first-order valence-corrected chi connectivity index (χ1v) is 8.33. The maximum absolute atomic E-state index is 14.0. The predicted octanol–water partition coefficient (Wildman–Crippen LogP) is 4.78. The highest BCUT2D eigenvalue weighted by molar-refractivity contribution is 5.64. The van der Waals surface area contributed by atoms with Gasteiger partial charge in [0.25, 0.3) is 0 Å². The molecule has 1 aliphatic rings. The highest BCUT2D eigenvalue weighted by atomic mass is 19.1. The highest BCUT2D eigenvalue weighted by Gasteiger charge is 2.20. The number of hydrogen-bond acceptors (Lipinski definition) is 1. The largest absolute Gasteiger partial charge is 0.338 e. The van der Waals surface area contributed by atoms with Crippen molar-refractivity contribution in [3.63, 3.8) is 0 Å². The molecule has 0 atom stereocenters. The number of carbonyl (C=O) groups excluding carboxylic acids is 1. The van der Waals surface area contributed by atoms with E-state index in [1.165, 1.54) is 25.3 Å². The van der Waals surface area contributed by atoms with Gasteiger partial charge in [-0.25, -0.2) is 4.39 Å². The van der Waals surface area contributed by atoms with Gasteiger partial charge >= 0.3 is 0 Å². The molecular weight excluding hydrogens is 289 g/mol. The van der Waals surface area contributed by atoms with Crippen molar-refractivity contribution >= 4 is 6.41 Å². The van der Waals surface area contributed by atoms with E-state index in [4.69, 9.17) is 0 Å². The fourth-order valence-corrected chi connectivity index (χ4v) is 3.41. The van der Waals surface area contributed by atoms with Gasteiger partial charge in [-0.1, -0.05) is 55.7 Å². The van der Waals surface area contributed by atoms with Crippen molar-refractivity contribution < 1.29 is 9.18 Å². The summed E-state index contributed by atoms with van der Waals surface area (Å²) in [6, 6.07) is 15.0. The summed E-state index contributed by atoms with van der Waals surface area (Å²) in [5, 5.41) is 0. The van der Waals surface area contributed by atoms with Crippen LogP contribution in [0.2, 0.25) is 0 Å². The van der Waals surface area contributed by atoms with Gasteiger partial charge in [0, 0.05) is 18.2 Å². The predicted molar refractivity (Wildman–Crippen MR) is 90.3 cm³/mol. The van der Waals surface area contributed by atoms with Gasteiger partial charge in [0.1, 0.15) is 5.82 Å². The molecule has 120 valence electrons. The number of amides is 1. The van der Waals surface area contributed by atoms with Gasteiger partial charge in [-0.3, -0.25) is 4.79 Å². The lowest BCUT2D eigenvalue weighted by Gasteiger charge is -2.31. The lowest BCUT2D eigenvalue weighted by molar-refractivity contribution is -0.121. The van der Waals surface area contributed by atoms with Crippen LogP contribution in [0, 0.1) is 5.82 Å². The van der Waals surface area contributed by atoms with Crippen molar-refractivity contribution in [2.75, 3.05) is 0 Å². The molecule has 0 unspecified atom stereocenters. The molecule has 0 radical (unpaired) electrons. The first-order chi connectivity index (χ1) is 11.3. The Morgan fingerprint density at radius 2 is 1.83 bits per heavy atom. The summed E-state index contributed by atoms with van der Waals surface area (Å²) in [4.78, 5) is 13.4. The van der Waals surface area contributed by atoms with Gasteiger partial charge in [0.15, 0.2) is 0 Å². The minimum absolute atomic E-state index is 0.218. The summed E-state index contributed by atoms with van der Waals surface area (Å²) in [5.41, 5.74) is 2.50. The van der Waals surface area contributed by atoms with Crippen LogP contribution in [0.1, 0.15) is 37.7 Å². The number of hydrogen-bond donors (Lipinski definition) is 0. The Bertz CT molecular complexity index is 664. The SMILES string of the molecule is O=CN(Cc1cccc(-c2ccccc2F)c1)C1CCCCC1. The third kappa shape index (κ3) is 3.79. The molecule has 1 amide bonds. The third-order valence-electron chi connectivity index (χ3n) is 4.66. The van der Waals surface area contributed by atoms with Crippen LogP contribution >= 0.6 is 0 Å². The van der Waals surface area contributed by atoms with E-state index in [1.807, 2.05) is 35.2 Å². The summed E-state index contributed by atoms with van der Waals surface area (Å²) in [5.74, 6) is -0.218. The van der Waals surface area contributed by atoms with E-state index in [-0.39, 0.29) is 5.82 Å². The maximum Gasteiger partial charge on any atom is 0.210 e. The van der Waals surface area contributed by atoms with Gasteiger partial charge in [0.05, 0.1) is 0 Å². The molecule has 1 fully saturated rings. The monoisotopic (exact) mass is 311 g/mol. The smallest absolute Gasteiger partial charge is 0.210 e. The van der Waals surface area contributed by atoms with E-state index in [0.29, 0.717) is 18.2 Å². The van der Waals surface area contributed by atoms with E-state index >= 15 is 0 Å². The Hall–Kier alpha value is -2.16. The average molecular weight is 311 g/mol. The molecule has 2 nitrogen and oxygen atoms in total. The number of carbonyl (C=O) groups is 1. The molecule has 23 heavy (non-hydrogen) atoms. The topological polar surface area (TPSA) is 20.3 Å². The number of rotatable bonds is 5. The Labute approximate surface area is 136 Å². The maximum atomic E-state index is 14.0. The van der Waals surface area contributed by atoms with Crippen LogP contribution in [0.5, 0.6) is 0 Å². The molecule has 3 rings (SSSR count). The normalized spacial score (nSPS) is 15.3. The summed E-state index contributed by atoms with van der Waals surface area (Å²) in [7, 11) is 0. The van der Waals surface area contributed by atoms with Gasteiger partial charge in [-0.05, 0) is 36.1 Å². The van der Waals surface area contributed by atoms with E-state index < -0.39 is 0 Å². The first-order valence-electron chi connectivity index (χ1n) is 8.33. The Kier molecular flexibility index (Phi) is 5.06. The Morgan fingerprint density at radius 1 is 1.04 bits per heavy atom. The summed E-state index contributed by atoms with van der Waals surface area (Å²) in [6.07, 6.45) is 6.81. The van der Waals surface area contributed by atoms with Crippen molar-refractivity contribution in [1.82, 2.24) is 4.90 Å². The zero-order valence-electron chi connectivity index (χ0n) is 13.2. The fraction of sp³-hybridized carbons (Fsp3) is 0.350. The molecule has 0 aliphatic heterocycles. The molecule has 0 spiro atoms. The second-order valence-corrected chi connectivity index (χ2v) is 6.25. The quantitative estimate of drug-likeness (QED) is 0.727. The van der Waals surface area contributed by atoms with Gasteiger partial charge in [-0.2, -0.15) is 0 Å². The first kappa shape index (κ1) is 15.7. The third-order valence-corrected chi connectivity index (χ3v) is 4.66. The van der Waals surface area contributed by atoms with Gasteiger partial charge < -0.3 is 4.90 Å². The number of nitrogens with zero attached hydrogens (tertiary/aromatic N) is 1. The molecule has 0 N–H and O–H groups in total. The van der Waals surface area contributed by atoms with Crippen LogP contribution in [0.4, 0.5) is 4.39 Å². The van der Waals surface area contributed by atoms with Crippen LogP contribution in [0.25, 0.3) is 11.1 Å². The zero-order valence-corrected chi connectivity index (χ0v) is 13.2. The molecule has 3 heteroatoms. The summed E-state index contributed by atoms with van der Waals surface area (Å²) >= 11 is 0. The molecular formula is C20H22FNO. The van der Waals surface area contributed by atoms with Crippen molar-refractivity contribution in [2.45, 2.75) is 44.7 Å². The molecule has 0 bridgehead atoms. The molecule has 1 saturated carbocycles. The summed E-state index contributed by atoms with van der Waals surface area (Å²) < 4.78 is 14.0. The van der Waals surface area contributed by atoms with Crippen LogP contribution in [0.15, 0.2) is 48.5 Å². The zero-order chi connectivity index (χ0) is 16.1. The lowest BCUT2D eigenvalue weighted by atomic mass is 9.94. The Balaban J connectivity index is 1.79. The Morgan fingerprint density at radius 3 is 2.57 bits per heavy atom. The highest BCUT2D eigenvalue weighted by Crippen LogP contribution is 2.26. The van der Waals surface area contributed by atoms with E-state index in [1.54, 1.807) is 12.1 Å². The number of halogens is 1. The molecule has 1 aliphatic carbocycles. The minimum Gasteiger partial charge on any atom is -0.338 e. The van der Waals surface area contributed by atoms with Crippen LogP contribution in [-0.4, -0.2) is 17.4 Å². The van der Waals surface area contributed by atoms with E-state index in [0.717, 1.165) is 30.4 Å². The molecule has 0 aromatic heterocycles. The minimum atomic E-state index is -0.218. The second kappa shape index (κ2) is 7.40. The van der Waals surface area contributed by atoms with Crippen molar-refractivity contribution in [3.8, 4) is 11.1 Å². The molecule has 0 heterocycles. The second-order valence-electron chi connectivity index (χ2n) is 6.25. The van der Waals surface area contributed by atoms with Crippen molar-refractivity contribution in [3.05, 3.63) is 59.9 Å². The van der Waals surface area contributed by atoms with Crippen LogP contribution in [-0.2, 0) is 11.3 Å². The lowest BCUT2D eigenvalue weighted by Crippen LogP contribution is -2.35. The molecule has 2 aromatic rings.